The molecule has 0 saturated carbocycles. The van der Waals surface area contributed by atoms with Gasteiger partial charge in [0.05, 0.1) is 0 Å². The van der Waals surface area contributed by atoms with Gasteiger partial charge in [-0.2, -0.15) is 0 Å². The van der Waals surface area contributed by atoms with Gasteiger partial charge in [0.2, 0.25) is 0 Å². The molecule has 7 nitrogen and oxygen atoms in total. The van der Waals surface area contributed by atoms with Crippen LogP contribution in [0.1, 0.15) is 5.56 Å². The Hall–Kier alpha value is -2.64. The summed E-state index contributed by atoms with van der Waals surface area (Å²) in [7, 11) is 0. The predicted octanol–water partition coefficient (Wildman–Crippen LogP) is 1.60. The van der Waals surface area contributed by atoms with E-state index in [0.29, 0.717) is 0 Å². The number of nitrogens with one attached hydrogen (secondary N) is 1. The summed E-state index contributed by atoms with van der Waals surface area (Å²) in [6.45, 7) is 0. The summed E-state index contributed by atoms with van der Waals surface area (Å²) in [5.74, 6) is -1.08. The van der Waals surface area contributed by atoms with Gasteiger partial charge in [-0.3, -0.25) is 0 Å². The Morgan fingerprint density at radius 3 is 2.88 bits per heavy atom. The molecule has 0 radical (unpaired) electrons. The predicted molar refractivity (Wildman–Crippen MR) is 56.7 cm³/mol. The van der Waals surface area contributed by atoms with Crippen molar-refractivity contribution in [2.75, 3.05) is 0 Å². The third-order valence-electron chi connectivity index (χ3n) is 1.86. The Morgan fingerprint density at radius 2 is 2.24 bits per heavy atom. The van der Waals surface area contributed by atoms with Crippen molar-refractivity contribution in [3.63, 3.8) is 0 Å². The molecule has 0 atom stereocenters. The van der Waals surface area contributed by atoms with Crippen molar-refractivity contribution >= 4 is 18.1 Å². The summed E-state index contributed by atoms with van der Waals surface area (Å²) in [5.41, 5.74) is 0.250. The Labute approximate surface area is 94.2 Å². The first kappa shape index (κ1) is 10.9. The first-order chi connectivity index (χ1) is 8.16. The molecule has 0 unspecified atom stereocenters. The smallest absolute Gasteiger partial charge is 0.390 e. The summed E-state index contributed by atoms with van der Waals surface area (Å²) < 4.78 is 13.2. The van der Waals surface area contributed by atoms with Crippen molar-refractivity contribution in [1.29, 1.82) is 0 Å². The van der Waals surface area contributed by atoms with Crippen LogP contribution < -0.4 is 0 Å². The van der Waals surface area contributed by atoms with Crippen molar-refractivity contribution in [1.82, 2.24) is 15.2 Å². The number of halogens is 1. The zero-order valence-electron chi connectivity index (χ0n) is 8.37. The average molecular weight is 235 g/mol. The van der Waals surface area contributed by atoms with Gasteiger partial charge in [-0.05, 0) is 16.0 Å². The second kappa shape index (κ2) is 4.47. The summed E-state index contributed by atoms with van der Waals surface area (Å²) in [4.78, 5) is 16.8. The molecule has 1 N–H and O–H groups in total. The highest BCUT2D eigenvalue weighted by atomic mass is 19.1. The lowest BCUT2D eigenvalue weighted by Gasteiger charge is -1.91. The number of aromatic nitrogens is 3. The molecule has 1 aromatic heterocycles. The molecule has 86 valence electrons. The minimum absolute atomic E-state index is 0.125. The van der Waals surface area contributed by atoms with E-state index in [9.17, 15) is 14.5 Å². The molecule has 0 aliphatic rings. The van der Waals surface area contributed by atoms with Crippen LogP contribution in [-0.4, -0.2) is 26.3 Å². The molecule has 17 heavy (non-hydrogen) atoms. The SMILES string of the molecule is O=[N+]([O-])c1nc(N=Cc2ccccc2F)n[nH]1. The molecular formula is C9H6FN5O2. The zero-order valence-corrected chi connectivity index (χ0v) is 8.37. The number of benzene rings is 1. The summed E-state index contributed by atoms with van der Waals surface area (Å²) in [5, 5.41) is 15.9. The Balaban J connectivity index is 2.20. The van der Waals surface area contributed by atoms with Crippen LogP contribution in [0.2, 0.25) is 0 Å². The van der Waals surface area contributed by atoms with Crippen LogP contribution >= 0.6 is 0 Å². The maximum atomic E-state index is 13.2. The number of aromatic amines is 1. The number of hydrogen-bond acceptors (Lipinski definition) is 5. The Kier molecular flexibility index (Phi) is 2.86. The van der Waals surface area contributed by atoms with Crippen molar-refractivity contribution in [2.24, 2.45) is 4.99 Å². The average Bonchev–Trinajstić information content (AvgIpc) is 2.77. The van der Waals surface area contributed by atoms with Gasteiger partial charge in [-0.15, -0.1) is 5.10 Å². The number of rotatable bonds is 3. The molecule has 0 saturated heterocycles. The summed E-state index contributed by atoms with van der Waals surface area (Å²) >= 11 is 0. The number of hydrogen-bond donors (Lipinski definition) is 1. The van der Waals surface area contributed by atoms with Crippen LogP contribution in [-0.2, 0) is 0 Å². The lowest BCUT2D eigenvalue weighted by atomic mass is 10.2. The quantitative estimate of drug-likeness (QED) is 0.496. The maximum absolute atomic E-state index is 13.2. The van der Waals surface area contributed by atoms with E-state index in [2.05, 4.69) is 20.2 Å². The summed E-state index contributed by atoms with van der Waals surface area (Å²) in [6.07, 6.45) is 1.20. The maximum Gasteiger partial charge on any atom is 0.455 e. The largest absolute Gasteiger partial charge is 0.455 e. The highest BCUT2D eigenvalue weighted by Crippen LogP contribution is 2.10. The topological polar surface area (TPSA) is 97.1 Å². The molecule has 0 amide bonds. The van der Waals surface area contributed by atoms with Gasteiger partial charge in [0.25, 0.3) is 0 Å². The van der Waals surface area contributed by atoms with Crippen molar-refractivity contribution < 1.29 is 9.31 Å². The number of H-pyrrole nitrogens is 1. The summed E-state index contributed by atoms with van der Waals surface area (Å²) in [6, 6.07) is 5.98. The van der Waals surface area contributed by atoms with E-state index in [4.69, 9.17) is 0 Å². The number of nitrogens with zero attached hydrogens (tertiary/aromatic N) is 4. The second-order valence-electron chi connectivity index (χ2n) is 3.00. The van der Waals surface area contributed by atoms with Gasteiger partial charge in [0.15, 0.2) is 0 Å². The van der Waals surface area contributed by atoms with E-state index in [1.807, 2.05) is 0 Å². The highest BCUT2D eigenvalue weighted by molar-refractivity contribution is 5.81. The second-order valence-corrected chi connectivity index (χ2v) is 3.00. The lowest BCUT2D eigenvalue weighted by Crippen LogP contribution is -1.89. The van der Waals surface area contributed by atoms with E-state index in [1.54, 1.807) is 12.1 Å². The van der Waals surface area contributed by atoms with Gasteiger partial charge in [-0.25, -0.2) is 9.38 Å². The minimum atomic E-state index is -0.727. The normalized spacial score (nSPS) is 10.9. The van der Waals surface area contributed by atoms with Gasteiger partial charge >= 0.3 is 11.9 Å². The van der Waals surface area contributed by atoms with Gasteiger partial charge in [0.1, 0.15) is 5.82 Å². The third-order valence-corrected chi connectivity index (χ3v) is 1.86. The highest BCUT2D eigenvalue weighted by Gasteiger charge is 2.12. The first-order valence-electron chi connectivity index (χ1n) is 4.52. The van der Waals surface area contributed by atoms with Crippen LogP contribution in [0.25, 0.3) is 0 Å². The molecule has 1 aromatic carbocycles. The minimum Gasteiger partial charge on any atom is -0.390 e. The number of nitro groups is 1. The van der Waals surface area contributed by atoms with E-state index in [0.717, 1.165) is 0 Å². The molecule has 0 aliphatic carbocycles. The molecule has 0 aliphatic heterocycles. The van der Waals surface area contributed by atoms with E-state index >= 15 is 0 Å². The Bertz CT molecular complexity index is 580. The fraction of sp³-hybridized carbons (Fsp3) is 0. The van der Waals surface area contributed by atoms with E-state index < -0.39 is 16.7 Å². The molecule has 0 bridgehead atoms. The molecular weight excluding hydrogens is 229 g/mol. The molecule has 2 aromatic rings. The van der Waals surface area contributed by atoms with Gasteiger partial charge < -0.3 is 10.1 Å². The fourth-order valence-electron chi connectivity index (χ4n) is 1.09. The van der Waals surface area contributed by atoms with E-state index in [-0.39, 0.29) is 11.5 Å². The Morgan fingerprint density at radius 1 is 1.47 bits per heavy atom. The molecule has 0 spiro atoms. The molecule has 2 rings (SSSR count). The van der Waals surface area contributed by atoms with E-state index in [1.165, 1.54) is 18.3 Å². The lowest BCUT2D eigenvalue weighted by molar-refractivity contribution is -0.394. The molecule has 8 heteroatoms. The van der Waals surface area contributed by atoms with Crippen LogP contribution in [0.3, 0.4) is 0 Å². The monoisotopic (exact) mass is 235 g/mol. The third kappa shape index (κ3) is 2.48. The van der Waals surface area contributed by atoms with Gasteiger partial charge in [-0.1, -0.05) is 23.3 Å². The molecule has 0 fully saturated rings. The molecule has 1 heterocycles. The van der Waals surface area contributed by atoms with Crippen molar-refractivity contribution in [3.8, 4) is 0 Å². The first-order valence-corrected chi connectivity index (χ1v) is 4.52. The zero-order chi connectivity index (χ0) is 12.3. The van der Waals surface area contributed by atoms with Crippen molar-refractivity contribution in [2.45, 2.75) is 0 Å². The number of aliphatic imine (C=N–C) groups is 1. The van der Waals surface area contributed by atoms with Crippen LogP contribution in [0.5, 0.6) is 0 Å². The van der Waals surface area contributed by atoms with Gasteiger partial charge in [0, 0.05) is 11.8 Å². The standard InChI is InChI=1S/C9H6FN5O2/c10-7-4-2-1-3-6(7)5-11-8-12-9(14-13-8)15(16)17/h1-5H,(H,12,13,14). The van der Waals surface area contributed by atoms with Crippen LogP contribution in [0.15, 0.2) is 29.3 Å². The van der Waals surface area contributed by atoms with Crippen molar-refractivity contribution in [3.05, 3.63) is 45.8 Å². The fourth-order valence-corrected chi connectivity index (χ4v) is 1.09. The van der Waals surface area contributed by atoms with Crippen LogP contribution in [0, 0.1) is 15.9 Å². The van der Waals surface area contributed by atoms with Crippen LogP contribution in [0.4, 0.5) is 16.3 Å².